The second kappa shape index (κ2) is 9.06. The third-order valence-electron chi connectivity index (χ3n) is 4.37. The van der Waals surface area contributed by atoms with E-state index in [1.54, 1.807) is 0 Å². The standard InChI is InChI=1S/C18H26N4O2.ClH/c1-12(20-17(23)11-19-10-13-2-3-13)14-4-6-15(7-5-14)21-18(24)22-16-8-9-16;/h4-7,12-13,16,19H,2-3,8-11H2,1H3,(H,20,23)(H2,21,22,24);1H. The summed E-state index contributed by atoms with van der Waals surface area (Å²) < 4.78 is 0. The van der Waals surface area contributed by atoms with E-state index in [4.69, 9.17) is 0 Å². The number of benzene rings is 1. The molecule has 2 aliphatic carbocycles. The molecule has 0 saturated heterocycles. The zero-order chi connectivity index (χ0) is 16.9. The van der Waals surface area contributed by atoms with Crippen molar-refractivity contribution >= 4 is 30.0 Å². The molecule has 25 heavy (non-hydrogen) atoms. The minimum atomic E-state index is -0.159. The predicted octanol–water partition coefficient (Wildman–Crippen LogP) is 2.57. The van der Waals surface area contributed by atoms with E-state index < -0.39 is 0 Å². The van der Waals surface area contributed by atoms with E-state index in [1.807, 2.05) is 31.2 Å². The third-order valence-corrected chi connectivity index (χ3v) is 4.37. The number of hydrogen-bond acceptors (Lipinski definition) is 3. The molecule has 3 amide bonds. The Hall–Kier alpha value is -1.79. The molecule has 0 spiro atoms. The van der Waals surface area contributed by atoms with Crippen molar-refractivity contribution in [3.05, 3.63) is 29.8 Å². The van der Waals surface area contributed by atoms with Crippen LogP contribution >= 0.6 is 12.4 Å². The van der Waals surface area contributed by atoms with Crippen molar-refractivity contribution in [2.24, 2.45) is 5.92 Å². The Bertz CT molecular complexity index is 585. The van der Waals surface area contributed by atoms with Crippen LogP contribution in [-0.4, -0.2) is 31.1 Å². The number of hydrogen-bond donors (Lipinski definition) is 4. The highest BCUT2D eigenvalue weighted by molar-refractivity contribution is 5.89. The van der Waals surface area contributed by atoms with Crippen molar-refractivity contribution in [1.82, 2.24) is 16.0 Å². The van der Waals surface area contributed by atoms with Gasteiger partial charge in [0, 0.05) is 11.7 Å². The summed E-state index contributed by atoms with van der Waals surface area (Å²) in [6.45, 7) is 3.26. The minimum absolute atomic E-state index is 0. The molecule has 6 nitrogen and oxygen atoms in total. The van der Waals surface area contributed by atoms with Crippen LogP contribution in [0.1, 0.15) is 44.2 Å². The zero-order valence-electron chi connectivity index (χ0n) is 14.5. The van der Waals surface area contributed by atoms with Crippen LogP contribution in [0.15, 0.2) is 24.3 Å². The van der Waals surface area contributed by atoms with Crippen molar-refractivity contribution in [3.8, 4) is 0 Å². The van der Waals surface area contributed by atoms with Crippen LogP contribution in [-0.2, 0) is 4.79 Å². The van der Waals surface area contributed by atoms with Gasteiger partial charge in [-0.3, -0.25) is 4.79 Å². The van der Waals surface area contributed by atoms with Crippen LogP contribution in [0.2, 0.25) is 0 Å². The summed E-state index contributed by atoms with van der Waals surface area (Å²) in [6, 6.07) is 7.69. The highest BCUT2D eigenvalue weighted by Gasteiger charge is 2.23. The maximum Gasteiger partial charge on any atom is 0.319 e. The third kappa shape index (κ3) is 6.92. The normalized spacial score (nSPS) is 17.2. The maximum atomic E-state index is 11.9. The molecule has 1 atom stereocenters. The highest BCUT2D eigenvalue weighted by Crippen LogP contribution is 2.27. The number of urea groups is 1. The largest absolute Gasteiger partial charge is 0.348 e. The summed E-state index contributed by atoms with van der Waals surface area (Å²) in [5.74, 6) is 0.779. The molecule has 0 heterocycles. The fourth-order valence-corrected chi connectivity index (χ4v) is 2.52. The molecule has 0 aromatic heterocycles. The molecule has 1 aromatic rings. The SMILES string of the molecule is CC(NC(=O)CNCC1CC1)c1ccc(NC(=O)NC2CC2)cc1.Cl. The molecule has 2 fully saturated rings. The molecule has 7 heteroatoms. The van der Waals surface area contributed by atoms with Gasteiger partial charge in [0.15, 0.2) is 0 Å². The molecule has 1 unspecified atom stereocenters. The van der Waals surface area contributed by atoms with Gasteiger partial charge in [-0.25, -0.2) is 4.79 Å². The molecule has 3 rings (SSSR count). The highest BCUT2D eigenvalue weighted by atomic mass is 35.5. The van der Waals surface area contributed by atoms with Gasteiger partial charge in [-0.1, -0.05) is 12.1 Å². The molecule has 0 bridgehead atoms. The summed E-state index contributed by atoms with van der Waals surface area (Å²) in [5, 5.41) is 11.9. The van der Waals surface area contributed by atoms with Crippen LogP contribution in [0.4, 0.5) is 10.5 Å². The van der Waals surface area contributed by atoms with Crippen molar-refractivity contribution in [2.75, 3.05) is 18.4 Å². The number of rotatable bonds is 8. The Labute approximate surface area is 154 Å². The number of nitrogens with one attached hydrogen (secondary N) is 4. The van der Waals surface area contributed by atoms with Crippen LogP contribution in [0.25, 0.3) is 0 Å². The Morgan fingerprint density at radius 3 is 2.40 bits per heavy atom. The summed E-state index contributed by atoms with van der Waals surface area (Å²) in [5.41, 5.74) is 1.76. The zero-order valence-corrected chi connectivity index (χ0v) is 15.3. The number of carbonyl (C=O) groups excluding carboxylic acids is 2. The molecule has 138 valence electrons. The van der Waals surface area contributed by atoms with E-state index in [0.29, 0.717) is 12.6 Å². The fraction of sp³-hybridized carbons (Fsp3) is 0.556. The van der Waals surface area contributed by atoms with E-state index in [9.17, 15) is 9.59 Å². The quantitative estimate of drug-likeness (QED) is 0.570. The first-order valence-electron chi connectivity index (χ1n) is 8.77. The maximum absolute atomic E-state index is 11.9. The van der Waals surface area contributed by atoms with Crippen molar-refractivity contribution in [3.63, 3.8) is 0 Å². The molecule has 4 N–H and O–H groups in total. The second-order valence-corrected chi connectivity index (χ2v) is 6.86. The summed E-state index contributed by atoms with van der Waals surface area (Å²) in [6.07, 6.45) is 4.70. The van der Waals surface area contributed by atoms with E-state index in [0.717, 1.165) is 36.6 Å². The van der Waals surface area contributed by atoms with Crippen molar-refractivity contribution < 1.29 is 9.59 Å². The van der Waals surface area contributed by atoms with Gasteiger partial charge in [0.1, 0.15) is 0 Å². The van der Waals surface area contributed by atoms with Gasteiger partial charge in [-0.15, -0.1) is 12.4 Å². The Balaban J connectivity index is 0.00000225. The second-order valence-electron chi connectivity index (χ2n) is 6.86. The molecular weight excluding hydrogens is 340 g/mol. The van der Waals surface area contributed by atoms with E-state index in [-0.39, 0.29) is 30.4 Å². The number of anilines is 1. The lowest BCUT2D eigenvalue weighted by Gasteiger charge is -2.15. The molecule has 1 aromatic carbocycles. The lowest BCUT2D eigenvalue weighted by atomic mass is 10.1. The van der Waals surface area contributed by atoms with Gasteiger partial charge in [0.05, 0.1) is 12.6 Å². The smallest absolute Gasteiger partial charge is 0.319 e. The van der Waals surface area contributed by atoms with E-state index in [1.165, 1.54) is 12.8 Å². The Morgan fingerprint density at radius 2 is 1.80 bits per heavy atom. The summed E-state index contributed by atoms with van der Waals surface area (Å²) >= 11 is 0. The summed E-state index contributed by atoms with van der Waals surface area (Å²) in [7, 11) is 0. The van der Waals surface area contributed by atoms with Gasteiger partial charge < -0.3 is 21.3 Å². The van der Waals surface area contributed by atoms with Crippen LogP contribution in [0.5, 0.6) is 0 Å². The first kappa shape index (κ1) is 19.5. The first-order chi connectivity index (χ1) is 11.6. The van der Waals surface area contributed by atoms with Crippen LogP contribution < -0.4 is 21.3 Å². The molecule has 0 radical (unpaired) electrons. The van der Waals surface area contributed by atoms with Gasteiger partial charge >= 0.3 is 6.03 Å². The van der Waals surface area contributed by atoms with Gasteiger partial charge in [0.25, 0.3) is 0 Å². The molecular formula is C18H27ClN4O2. The van der Waals surface area contributed by atoms with E-state index in [2.05, 4.69) is 21.3 Å². The predicted molar refractivity (Wildman–Crippen MR) is 101 cm³/mol. The fourth-order valence-electron chi connectivity index (χ4n) is 2.52. The van der Waals surface area contributed by atoms with Crippen molar-refractivity contribution in [2.45, 2.75) is 44.7 Å². The average molecular weight is 367 g/mol. The van der Waals surface area contributed by atoms with Gasteiger partial charge in [-0.05, 0) is 62.8 Å². The van der Waals surface area contributed by atoms with Crippen molar-refractivity contribution in [1.29, 1.82) is 0 Å². The lowest BCUT2D eigenvalue weighted by Crippen LogP contribution is -2.36. The monoisotopic (exact) mass is 366 g/mol. The summed E-state index contributed by atoms with van der Waals surface area (Å²) in [4.78, 5) is 23.6. The number of amides is 3. The molecule has 0 aliphatic heterocycles. The van der Waals surface area contributed by atoms with Crippen LogP contribution in [0.3, 0.4) is 0 Å². The van der Waals surface area contributed by atoms with E-state index >= 15 is 0 Å². The minimum Gasteiger partial charge on any atom is -0.348 e. The Morgan fingerprint density at radius 1 is 1.12 bits per heavy atom. The molecule has 2 saturated carbocycles. The number of halogens is 1. The molecule has 2 aliphatic rings. The average Bonchev–Trinajstić information content (AvgIpc) is 3.43. The number of carbonyl (C=O) groups is 2. The van der Waals surface area contributed by atoms with Gasteiger partial charge in [0.2, 0.25) is 5.91 Å². The Kier molecular flexibility index (Phi) is 7.08. The first-order valence-corrected chi connectivity index (χ1v) is 8.77. The van der Waals surface area contributed by atoms with Gasteiger partial charge in [-0.2, -0.15) is 0 Å². The lowest BCUT2D eigenvalue weighted by molar-refractivity contribution is -0.120. The van der Waals surface area contributed by atoms with Crippen LogP contribution in [0, 0.1) is 5.92 Å². The topological polar surface area (TPSA) is 82.3 Å².